The summed E-state index contributed by atoms with van der Waals surface area (Å²) < 4.78 is 39.7. The van der Waals surface area contributed by atoms with Gasteiger partial charge in [0.2, 0.25) is 5.91 Å². The molecule has 1 aliphatic heterocycles. The molecule has 0 spiro atoms. The number of hydrogen-bond acceptors (Lipinski definition) is 5. The lowest BCUT2D eigenvalue weighted by molar-refractivity contribution is -0.144. The molecular weight excluding hydrogens is 373 g/mol. The van der Waals surface area contributed by atoms with Gasteiger partial charge in [-0.1, -0.05) is 0 Å². The zero-order valence-electron chi connectivity index (χ0n) is 15.9. The van der Waals surface area contributed by atoms with Gasteiger partial charge in [0.05, 0.1) is 0 Å². The Labute approximate surface area is 160 Å². The average Bonchev–Trinajstić information content (AvgIpc) is 3.19. The number of nitrogens with one attached hydrogen (secondary N) is 1. The summed E-state index contributed by atoms with van der Waals surface area (Å²) in [5, 5.41) is 6.62. The van der Waals surface area contributed by atoms with Gasteiger partial charge in [-0.25, -0.2) is 9.50 Å². The third-order valence-corrected chi connectivity index (χ3v) is 5.55. The third-order valence-electron chi connectivity index (χ3n) is 5.55. The van der Waals surface area contributed by atoms with Crippen LogP contribution in [-0.4, -0.2) is 55.6 Å². The Morgan fingerprint density at radius 3 is 2.64 bits per heavy atom. The Morgan fingerprint density at radius 2 is 1.96 bits per heavy atom. The monoisotopic (exact) mass is 396 g/mol. The molecule has 1 saturated heterocycles. The Bertz CT molecular complexity index is 905. The average molecular weight is 396 g/mol. The molecule has 1 N–H and O–H groups in total. The molecule has 0 radical (unpaired) electrons. The lowest BCUT2D eigenvalue weighted by Crippen LogP contribution is -2.37. The van der Waals surface area contributed by atoms with Crippen LogP contribution in [0.25, 0.3) is 5.78 Å². The van der Waals surface area contributed by atoms with Crippen molar-refractivity contribution in [1.29, 1.82) is 0 Å². The first-order chi connectivity index (χ1) is 13.2. The smallest absolute Gasteiger partial charge is 0.352 e. The highest BCUT2D eigenvalue weighted by Crippen LogP contribution is 2.30. The zero-order chi connectivity index (χ0) is 20.1. The van der Waals surface area contributed by atoms with E-state index in [-0.39, 0.29) is 24.1 Å². The van der Waals surface area contributed by atoms with Crippen LogP contribution in [0, 0.1) is 13.8 Å². The molecule has 152 valence electrons. The molecule has 7 nitrogen and oxygen atoms in total. The number of aromatic nitrogens is 4. The van der Waals surface area contributed by atoms with Gasteiger partial charge in [0, 0.05) is 43.0 Å². The van der Waals surface area contributed by atoms with Crippen molar-refractivity contribution in [3.8, 4) is 0 Å². The van der Waals surface area contributed by atoms with E-state index in [1.165, 1.54) is 12.8 Å². The number of rotatable bonds is 5. The van der Waals surface area contributed by atoms with Crippen LogP contribution in [0.3, 0.4) is 0 Å². The van der Waals surface area contributed by atoms with Crippen LogP contribution in [0.4, 0.5) is 13.2 Å². The van der Waals surface area contributed by atoms with Gasteiger partial charge in [0.15, 0.2) is 0 Å². The van der Waals surface area contributed by atoms with Crippen molar-refractivity contribution in [2.75, 3.05) is 13.1 Å². The predicted octanol–water partition coefficient (Wildman–Crippen LogP) is 2.05. The topological polar surface area (TPSA) is 75.4 Å². The zero-order valence-corrected chi connectivity index (χ0v) is 15.9. The Hall–Kier alpha value is -2.23. The maximum absolute atomic E-state index is 12.9. The summed E-state index contributed by atoms with van der Waals surface area (Å²) in [6, 6.07) is 0.884. The van der Waals surface area contributed by atoms with Gasteiger partial charge < -0.3 is 5.32 Å². The summed E-state index contributed by atoms with van der Waals surface area (Å²) in [5.74, 6) is -1.34. The van der Waals surface area contributed by atoms with Crippen molar-refractivity contribution < 1.29 is 18.0 Å². The van der Waals surface area contributed by atoms with E-state index >= 15 is 0 Å². The van der Waals surface area contributed by atoms with Crippen LogP contribution in [0.1, 0.15) is 48.5 Å². The third kappa shape index (κ3) is 3.82. The first-order valence-electron chi connectivity index (χ1n) is 9.56. The van der Waals surface area contributed by atoms with E-state index in [4.69, 9.17) is 0 Å². The number of aryl methyl sites for hydroxylation is 2. The largest absolute Gasteiger partial charge is 0.453 e. The molecule has 0 bridgehead atoms. The lowest BCUT2D eigenvalue weighted by Gasteiger charge is -2.16. The van der Waals surface area contributed by atoms with Gasteiger partial charge in [-0.2, -0.15) is 18.2 Å². The summed E-state index contributed by atoms with van der Waals surface area (Å²) in [6.45, 7) is 5.32. The van der Waals surface area contributed by atoms with Crippen LogP contribution in [-0.2, 0) is 17.4 Å². The van der Waals surface area contributed by atoms with Crippen LogP contribution >= 0.6 is 0 Å². The van der Waals surface area contributed by atoms with Crippen molar-refractivity contribution >= 4 is 11.7 Å². The standard InChI is InChI=1S/C18H23F3N6O/c1-10-14(11(2)27-17(22-10)24-16(25-27)18(19,20)21)5-6-15(28)23-12-7-8-26(9-12)13-3-4-13/h12-13H,3-9H2,1-2H3,(H,23,28). The van der Waals surface area contributed by atoms with E-state index in [0.29, 0.717) is 23.9 Å². The molecule has 1 saturated carbocycles. The molecule has 0 aromatic carbocycles. The SMILES string of the molecule is Cc1nc2nc(C(F)(F)F)nn2c(C)c1CCC(=O)NC1CCN(C2CC2)C1. The van der Waals surface area contributed by atoms with Gasteiger partial charge >= 0.3 is 6.18 Å². The van der Waals surface area contributed by atoms with E-state index in [1.807, 2.05) is 0 Å². The molecular formula is C18H23F3N6O. The van der Waals surface area contributed by atoms with E-state index < -0.39 is 12.0 Å². The fraction of sp³-hybridized carbons (Fsp3) is 0.667. The normalized spacial score (nSPS) is 20.8. The minimum Gasteiger partial charge on any atom is -0.352 e. The van der Waals surface area contributed by atoms with Crippen LogP contribution in [0.2, 0.25) is 0 Å². The van der Waals surface area contributed by atoms with Crippen LogP contribution in [0.15, 0.2) is 0 Å². The molecule has 1 aliphatic carbocycles. The fourth-order valence-corrected chi connectivity index (χ4v) is 3.91. The van der Waals surface area contributed by atoms with Crippen molar-refractivity contribution in [3.63, 3.8) is 0 Å². The van der Waals surface area contributed by atoms with E-state index in [1.54, 1.807) is 13.8 Å². The molecule has 4 rings (SSSR count). The highest BCUT2D eigenvalue weighted by molar-refractivity contribution is 5.76. The van der Waals surface area contributed by atoms with E-state index in [2.05, 4.69) is 25.3 Å². The summed E-state index contributed by atoms with van der Waals surface area (Å²) >= 11 is 0. The van der Waals surface area contributed by atoms with Gasteiger partial charge in [-0.15, -0.1) is 5.10 Å². The number of halogens is 3. The van der Waals surface area contributed by atoms with Crippen molar-refractivity contribution in [2.45, 2.75) is 64.2 Å². The Balaban J connectivity index is 1.41. The van der Waals surface area contributed by atoms with Gasteiger partial charge in [0.1, 0.15) is 0 Å². The van der Waals surface area contributed by atoms with Crippen molar-refractivity contribution in [2.24, 2.45) is 0 Å². The minimum atomic E-state index is -4.62. The van der Waals surface area contributed by atoms with E-state index in [0.717, 1.165) is 29.6 Å². The molecule has 1 unspecified atom stereocenters. The number of nitrogens with zero attached hydrogens (tertiary/aromatic N) is 5. The van der Waals surface area contributed by atoms with Crippen LogP contribution < -0.4 is 5.32 Å². The minimum absolute atomic E-state index is 0.0453. The summed E-state index contributed by atoms with van der Waals surface area (Å²) in [5.41, 5.74) is 1.83. The molecule has 1 amide bonds. The second kappa shape index (κ2) is 6.98. The van der Waals surface area contributed by atoms with Gasteiger partial charge in [-0.3, -0.25) is 9.69 Å². The lowest BCUT2D eigenvalue weighted by atomic mass is 10.1. The second-order valence-electron chi connectivity index (χ2n) is 7.69. The maximum atomic E-state index is 12.9. The Morgan fingerprint density at radius 1 is 1.21 bits per heavy atom. The highest BCUT2D eigenvalue weighted by atomic mass is 19.4. The number of hydrogen-bond donors (Lipinski definition) is 1. The van der Waals surface area contributed by atoms with E-state index in [9.17, 15) is 18.0 Å². The molecule has 3 heterocycles. The van der Waals surface area contributed by atoms with Gasteiger partial charge in [0.25, 0.3) is 11.6 Å². The first-order valence-corrected chi connectivity index (χ1v) is 9.56. The van der Waals surface area contributed by atoms with Crippen LogP contribution in [0.5, 0.6) is 0 Å². The number of alkyl halides is 3. The second-order valence-corrected chi connectivity index (χ2v) is 7.69. The molecule has 2 aromatic rings. The number of fused-ring (bicyclic) bond motifs is 1. The molecule has 28 heavy (non-hydrogen) atoms. The summed E-state index contributed by atoms with van der Waals surface area (Å²) in [7, 11) is 0. The van der Waals surface area contributed by atoms with Gasteiger partial charge in [-0.05, 0) is 45.1 Å². The molecule has 10 heteroatoms. The van der Waals surface area contributed by atoms with Crippen molar-refractivity contribution in [3.05, 3.63) is 22.8 Å². The number of likely N-dealkylation sites (tertiary alicyclic amines) is 1. The van der Waals surface area contributed by atoms with Crippen molar-refractivity contribution in [1.82, 2.24) is 29.8 Å². The molecule has 1 atom stereocenters. The number of carbonyl (C=O) groups excluding carboxylic acids is 1. The molecule has 2 aromatic heterocycles. The maximum Gasteiger partial charge on any atom is 0.453 e. The summed E-state index contributed by atoms with van der Waals surface area (Å²) in [6.07, 6.45) is -0.487. The number of carbonyl (C=O) groups is 1. The quantitative estimate of drug-likeness (QED) is 0.837. The first kappa shape index (κ1) is 19.1. The number of amides is 1. The fourth-order valence-electron chi connectivity index (χ4n) is 3.91. The molecule has 2 aliphatic rings. The predicted molar refractivity (Wildman–Crippen MR) is 94.7 cm³/mol. The summed E-state index contributed by atoms with van der Waals surface area (Å²) in [4.78, 5) is 22.4. The highest BCUT2D eigenvalue weighted by Gasteiger charge is 2.37. The molecule has 2 fully saturated rings. The Kier molecular flexibility index (Phi) is 4.76.